The van der Waals surface area contributed by atoms with Gasteiger partial charge in [0, 0.05) is 22.2 Å². The third-order valence-electron chi connectivity index (χ3n) is 2.19. The molecule has 2 rings (SSSR count). The molecule has 0 saturated carbocycles. The van der Waals surface area contributed by atoms with Crippen LogP contribution in [-0.2, 0) is 16.3 Å². The SMILES string of the molecule is CS(C)(=O)=Nc1cnn(Cc2cccc(C#N)n2)c1. The van der Waals surface area contributed by atoms with Crippen LogP contribution in [0.15, 0.2) is 35.0 Å². The maximum atomic E-state index is 11.6. The van der Waals surface area contributed by atoms with Crippen molar-refractivity contribution in [1.82, 2.24) is 14.8 Å². The normalized spacial score (nSPS) is 11.0. The Hall–Kier alpha value is -2.20. The summed E-state index contributed by atoms with van der Waals surface area (Å²) in [6, 6.07) is 7.24. The summed E-state index contributed by atoms with van der Waals surface area (Å²) in [5.74, 6) is 0. The van der Waals surface area contributed by atoms with E-state index >= 15 is 0 Å². The van der Waals surface area contributed by atoms with Crippen molar-refractivity contribution >= 4 is 15.4 Å². The lowest BCUT2D eigenvalue weighted by Crippen LogP contribution is -2.02. The molecule has 0 N–H and O–H groups in total. The molecule has 0 aliphatic rings. The van der Waals surface area contributed by atoms with Crippen LogP contribution in [0.3, 0.4) is 0 Å². The van der Waals surface area contributed by atoms with Crippen molar-refractivity contribution in [3.8, 4) is 6.07 Å². The lowest BCUT2D eigenvalue weighted by Gasteiger charge is -2.00. The van der Waals surface area contributed by atoms with Gasteiger partial charge in [0.05, 0.1) is 24.6 Å². The Morgan fingerprint density at radius 1 is 1.47 bits per heavy atom. The van der Waals surface area contributed by atoms with E-state index < -0.39 is 9.73 Å². The number of aromatic nitrogens is 3. The fourth-order valence-electron chi connectivity index (χ4n) is 1.54. The average Bonchev–Trinajstić information content (AvgIpc) is 2.74. The molecule has 0 radical (unpaired) electrons. The van der Waals surface area contributed by atoms with Gasteiger partial charge in [-0.25, -0.2) is 9.19 Å². The van der Waals surface area contributed by atoms with Crippen LogP contribution < -0.4 is 0 Å². The van der Waals surface area contributed by atoms with Gasteiger partial charge in [0.25, 0.3) is 0 Å². The van der Waals surface area contributed by atoms with Crippen LogP contribution in [0.5, 0.6) is 0 Å². The summed E-state index contributed by atoms with van der Waals surface area (Å²) in [5.41, 5.74) is 1.69. The van der Waals surface area contributed by atoms with Crippen LogP contribution in [0.2, 0.25) is 0 Å². The lowest BCUT2D eigenvalue weighted by molar-refractivity contribution is 0.672. The predicted molar refractivity (Wildman–Crippen MR) is 72.4 cm³/mol. The van der Waals surface area contributed by atoms with Gasteiger partial charge >= 0.3 is 0 Å². The Kier molecular flexibility index (Phi) is 3.62. The first kappa shape index (κ1) is 13.2. The molecule has 2 aromatic rings. The van der Waals surface area contributed by atoms with Crippen LogP contribution >= 0.6 is 0 Å². The number of pyridine rings is 1. The van der Waals surface area contributed by atoms with Crippen molar-refractivity contribution in [3.05, 3.63) is 42.0 Å². The second kappa shape index (κ2) is 5.20. The molecule has 0 unspecified atom stereocenters. The summed E-state index contributed by atoms with van der Waals surface area (Å²) in [7, 11) is -2.18. The minimum atomic E-state index is -2.18. The smallest absolute Gasteiger partial charge is 0.140 e. The van der Waals surface area contributed by atoms with E-state index in [1.165, 1.54) is 0 Å². The number of nitrogens with zero attached hydrogens (tertiary/aromatic N) is 5. The van der Waals surface area contributed by atoms with Gasteiger partial charge in [-0.05, 0) is 12.1 Å². The zero-order valence-corrected chi connectivity index (χ0v) is 11.5. The minimum absolute atomic E-state index is 0.375. The van der Waals surface area contributed by atoms with Gasteiger partial charge in [-0.3, -0.25) is 4.68 Å². The predicted octanol–water partition coefficient (Wildman–Crippen LogP) is 1.56. The van der Waals surface area contributed by atoms with E-state index in [1.54, 1.807) is 41.7 Å². The molecule has 19 heavy (non-hydrogen) atoms. The Morgan fingerprint density at radius 2 is 2.26 bits per heavy atom. The summed E-state index contributed by atoms with van der Waals surface area (Å²) in [6.45, 7) is 0.444. The molecule has 0 aromatic carbocycles. The van der Waals surface area contributed by atoms with E-state index in [4.69, 9.17) is 5.26 Å². The second-order valence-corrected chi connectivity index (χ2v) is 6.84. The molecule has 2 aromatic heterocycles. The summed E-state index contributed by atoms with van der Waals surface area (Å²) in [6.07, 6.45) is 6.40. The summed E-state index contributed by atoms with van der Waals surface area (Å²) < 4.78 is 17.3. The first-order valence-electron chi connectivity index (χ1n) is 5.52. The Balaban J connectivity index is 2.21. The van der Waals surface area contributed by atoms with Gasteiger partial charge in [-0.1, -0.05) is 6.07 Å². The van der Waals surface area contributed by atoms with Crippen LogP contribution in [0, 0.1) is 11.3 Å². The van der Waals surface area contributed by atoms with Crippen molar-refractivity contribution in [3.63, 3.8) is 0 Å². The van der Waals surface area contributed by atoms with Crippen molar-refractivity contribution < 1.29 is 4.21 Å². The standard InChI is InChI=1S/C12H13N5OS/c1-19(2,18)16-12-7-14-17(9-12)8-11-5-3-4-10(6-13)15-11/h3-5,7,9H,8H2,1-2H3. The maximum absolute atomic E-state index is 11.6. The topological polar surface area (TPSA) is 83.9 Å². The zero-order valence-electron chi connectivity index (χ0n) is 10.6. The second-order valence-electron chi connectivity index (χ2n) is 4.29. The molecule has 0 atom stereocenters. The fourth-order valence-corrected chi connectivity index (χ4v) is 2.14. The molecule has 0 spiro atoms. The van der Waals surface area contributed by atoms with Crippen LogP contribution in [0.4, 0.5) is 5.69 Å². The average molecular weight is 275 g/mol. The van der Waals surface area contributed by atoms with E-state index in [2.05, 4.69) is 14.4 Å². The molecule has 0 saturated heterocycles. The Morgan fingerprint density at radius 3 is 2.95 bits per heavy atom. The quantitative estimate of drug-likeness (QED) is 0.850. The molecular formula is C12H13N5OS. The minimum Gasteiger partial charge on any atom is -0.264 e. The van der Waals surface area contributed by atoms with Crippen molar-refractivity contribution in [2.75, 3.05) is 12.5 Å². The Bertz CT molecular complexity index is 741. The fraction of sp³-hybridized carbons (Fsp3) is 0.250. The van der Waals surface area contributed by atoms with E-state index in [1.807, 2.05) is 12.1 Å². The molecule has 6 nitrogen and oxygen atoms in total. The van der Waals surface area contributed by atoms with Gasteiger partial charge < -0.3 is 0 Å². The molecule has 0 aliphatic carbocycles. The highest BCUT2D eigenvalue weighted by Gasteiger charge is 2.02. The van der Waals surface area contributed by atoms with Crippen molar-refractivity contribution in [1.29, 1.82) is 5.26 Å². The van der Waals surface area contributed by atoms with E-state index in [-0.39, 0.29) is 0 Å². The number of hydrogen-bond acceptors (Lipinski definition) is 5. The van der Waals surface area contributed by atoms with Crippen LogP contribution in [-0.4, -0.2) is 31.5 Å². The summed E-state index contributed by atoms with van der Waals surface area (Å²) in [5, 5.41) is 12.9. The molecule has 0 fully saturated rings. The molecule has 98 valence electrons. The zero-order chi connectivity index (χ0) is 13.9. The summed E-state index contributed by atoms with van der Waals surface area (Å²) in [4.78, 5) is 4.16. The van der Waals surface area contributed by atoms with Crippen molar-refractivity contribution in [2.24, 2.45) is 4.36 Å². The molecule has 0 aliphatic heterocycles. The third kappa shape index (κ3) is 3.89. The van der Waals surface area contributed by atoms with Gasteiger partial charge in [0.1, 0.15) is 17.5 Å². The monoisotopic (exact) mass is 275 g/mol. The number of rotatable bonds is 3. The number of nitriles is 1. The van der Waals surface area contributed by atoms with Crippen LogP contribution in [0.25, 0.3) is 0 Å². The first-order valence-corrected chi connectivity index (χ1v) is 7.85. The highest BCUT2D eigenvalue weighted by molar-refractivity contribution is 7.92. The van der Waals surface area contributed by atoms with Crippen molar-refractivity contribution in [2.45, 2.75) is 6.54 Å². The number of hydrogen-bond donors (Lipinski definition) is 0. The van der Waals surface area contributed by atoms with E-state index in [9.17, 15) is 4.21 Å². The van der Waals surface area contributed by atoms with E-state index in [0.717, 1.165) is 5.69 Å². The molecule has 7 heteroatoms. The highest BCUT2D eigenvalue weighted by Crippen LogP contribution is 2.12. The molecule has 0 bridgehead atoms. The van der Waals surface area contributed by atoms with Gasteiger partial charge in [-0.15, -0.1) is 0 Å². The van der Waals surface area contributed by atoms with Gasteiger partial charge in [0.15, 0.2) is 0 Å². The summed E-state index contributed by atoms with van der Waals surface area (Å²) >= 11 is 0. The van der Waals surface area contributed by atoms with Crippen LogP contribution in [0.1, 0.15) is 11.4 Å². The lowest BCUT2D eigenvalue weighted by atomic mass is 10.3. The third-order valence-corrected chi connectivity index (χ3v) is 2.84. The van der Waals surface area contributed by atoms with Gasteiger partial charge in [0.2, 0.25) is 0 Å². The van der Waals surface area contributed by atoms with Gasteiger partial charge in [-0.2, -0.15) is 14.7 Å². The van der Waals surface area contributed by atoms with E-state index in [0.29, 0.717) is 17.9 Å². The molecular weight excluding hydrogens is 262 g/mol. The first-order chi connectivity index (χ1) is 8.96. The highest BCUT2D eigenvalue weighted by atomic mass is 32.2. The molecule has 0 amide bonds. The maximum Gasteiger partial charge on any atom is 0.140 e. The Labute approximate surface area is 111 Å². The largest absolute Gasteiger partial charge is 0.264 e. The molecule has 2 heterocycles.